The molecule has 1 N–H and O–H groups in total. The predicted molar refractivity (Wildman–Crippen MR) is 110 cm³/mol. The smallest absolute Gasteiger partial charge is 0.227 e. The van der Waals surface area contributed by atoms with E-state index in [2.05, 4.69) is 32.2 Å². The number of nitrogens with zero attached hydrogens (tertiary/aromatic N) is 5. The Balaban J connectivity index is 1.42. The molecular weight excluding hydrogens is 368 g/mol. The molecule has 1 aromatic heterocycles. The summed E-state index contributed by atoms with van der Waals surface area (Å²) < 4.78 is 7.46. The molecule has 0 bridgehead atoms. The molecule has 3 aliphatic rings. The van der Waals surface area contributed by atoms with Gasteiger partial charge in [-0.3, -0.25) is 9.69 Å². The standard InChI is InChI=1S/C21H36N6O2/c1-3-26-9-6-17-14-18(27-10-12-29-13-11-27)4-7-21(17,15-26)20(28)22-8-5-19-24-23-16-25(19)2/h16-18H,3-15H2,1-2H3,(H,22,28)/t17-,18+,21-/m1/s1. The number of carbonyl (C=O) groups excluding carboxylic acids is 1. The lowest BCUT2D eigenvalue weighted by Gasteiger charge is -2.53. The zero-order valence-electron chi connectivity index (χ0n) is 18.0. The highest BCUT2D eigenvalue weighted by Gasteiger charge is 2.52. The third-order valence-electron chi connectivity index (χ3n) is 7.46. The van der Waals surface area contributed by atoms with Gasteiger partial charge in [-0.1, -0.05) is 6.92 Å². The number of nitrogens with one attached hydrogen (secondary N) is 1. The number of amides is 1. The Hall–Kier alpha value is -1.51. The van der Waals surface area contributed by atoms with Gasteiger partial charge in [0.25, 0.3) is 0 Å². The first-order valence-corrected chi connectivity index (χ1v) is 11.3. The summed E-state index contributed by atoms with van der Waals surface area (Å²) in [5, 5.41) is 11.3. The molecule has 1 aliphatic carbocycles. The van der Waals surface area contributed by atoms with Crippen LogP contribution < -0.4 is 5.32 Å². The van der Waals surface area contributed by atoms with Crippen LogP contribution in [-0.2, 0) is 23.0 Å². The lowest BCUT2D eigenvalue weighted by atomic mass is 9.61. The van der Waals surface area contributed by atoms with Crippen molar-refractivity contribution in [1.29, 1.82) is 0 Å². The first-order valence-electron chi connectivity index (χ1n) is 11.3. The molecule has 162 valence electrons. The van der Waals surface area contributed by atoms with Gasteiger partial charge in [0.05, 0.1) is 18.6 Å². The lowest BCUT2D eigenvalue weighted by molar-refractivity contribution is -0.144. The highest BCUT2D eigenvalue weighted by atomic mass is 16.5. The van der Waals surface area contributed by atoms with Gasteiger partial charge in [-0.25, -0.2) is 0 Å². The van der Waals surface area contributed by atoms with Gasteiger partial charge in [0.1, 0.15) is 12.2 Å². The summed E-state index contributed by atoms with van der Waals surface area (Å²) in [4.78, 5) is 18.6. The van der Waals surface area contributed by atoms with Crippen molar-refractivity contribution in [3.05, 3.63) is 12.2 Å². The molecule has 0 unspecified atom stereocenters. The molecule has 4 rings (SSSR count). The molecule has 29 heavy (non-hydrogen) atoms. The van der Waals surface area contributed by atoms with E-state index in [0.717, 1.165) is 83.9 Å². The number of piperidine rings is 1. The van der Waals surface area contributed by atoms with Gasteiger partial charge in [-0.05, 0) is 44.7 Å². The maximum absolute atomic E-state index is 13.5. The second-order valence-corrected chi connectivity index (χ2v) is 8.95. The zero-order chi connectivity index (χ0) is 20.3. The normalized spacial score (nSPS) is 31.4. The highest BCUT2D eigenvalue weighted by Crippen LogP contribution is 2.47. The monoisotopic (exact) mass is 404 g/mol. The third kappa shape index (κ3) is 4.34. The van der Waals surface area contributed by atoms with Crippen LogP contribution in [-0.4, -0.2) is 89.0 Å². The van der Waals surface area contributed by atoms with E-state index in [1.54, 1.807) is 6.33 Å². The summed E-state index contributed by atoms with van der Waals surface area (Å²) in [6.45, 7) is 9.64. The number of rotatable bonds is 6. The van der Waals surface area contributed by atoms with Gasteiger partial charge in [-0.15, -0.1) is 10.2 Å². The van der Waals surface area contributed by atoms with Crippen molar-refractivity contribution in [2.45, 2.75) is 45.1 Å². The van der Waals surface area contributed by atoms with E-state index >= 15 is 0 Å². The van der Waals surface area contributed by atoms with Crippen LogP contribution in [0, 0.1) is 11.3 Å². The van der Waals surface area contributed by atoms with Gasteiger partial charge >= 0.3 is 0 Å². The first-order chi connectivity index (χ1) is 14.1. The van der Waals surface area contributed by atoms with Crippen molar-refractivity contribution < 1.29 is 9.53 Å². The minimum absolute atomic E-state index is 0.239. The number of morpholine rings is 1. The number of fused-ring (bicyclic) bond motifs is 1. The van der Waals surface area contributed by atoms with Crippen LogP contribution in [0.15, 0.2) is 6.33 Å². The molecule has 2 saturated heterocycles. The van der Waals surface area contributed by atoms with E-state index in [1.165, 1.54) is 0 Å². The van der Waals surface area contributed by atoms with Gasteiger partial charge in [0.2, 0.25) is 5.91 Å². The largest absolute Gasteiger partial charge is 0.379 e. The van der Waals surface area contributed by atoms with Crippen LogP contribution in [0.2, 0.25) is 0 Å². The Bertz CT molecular complexity index is 688. The Morgan fingerprint density at radius 1 is 1.31 bits per heavy atom. The van der Waals surface area contributed by atoms with E-state index in [9.17, 15) is 4.79 Å². The summed E-state index contributed by atoms with van der Waals surface area (Å²) in [5.74, 6) is 1.64. The molecule has 0 spiro atoms. The predicted octanol–water partition coefficient (Wildman–Crippen LogP) is 0.687. The molecule has 0 aromatic carbocycles. The van der Waals surface area contributed by atoms with Crippen molar-refractivity contribution in [2.24, 2.45) is 18.4 Å². The van der Waals surface area contributed by atoms with E-state index in [0.29, 0.717) is 18.5 Å². The average Bonchev–Trinajstić information content (AvgIpc) is 3.18. The summed E-state index contributed by atoms with van der Waals surface area (Å²) >= 11 is 0. The number of hydrogen-bond acceptors (Lipinski definition) is 6. The van der Waals surface area contributed by atoms with Crippen LogP contribution >= 0.6 is 0 Å². The van der Waals surface area contributed by atoms with E-state index in [1.807, 2.05) is 11.6 Å². The average molecular weight is 405 g/mol. The molecule has 3 fully saturated rings. The summed E-state index contributed by atoms with van der Waals surface area (Å²) in [5.41, 5.74) is -0.239. The number of aromatic nitrogens is 3. The van der Waals surface area contributed by atoms with E-state index in [-0.39, 0.29) is 11.3 Å². The molecule has 0 radical (unpaired) electrons. The summed E-state index contributed by atoms with van der Waals surface area (Å²) in [6.07, 6.45) is 6.81. The SMILES string of the molecule is CCN1CC[C@@H]2C[C@@H](N3CCOCC3)CC[C@@]2(C(=O)NCCc2nncn2C)C1. The number of hydrogen-bond donors (Lipinski definition) is 1. The van der Waals surface area contributed by atoms with Gasteiger partial charge < -0.3 is 19.5 Å². The van der Waals surface area contributed by atoms with Crippen LogP contribution in [0.5, 0.6) is 0 Å². The number of aryl methyl sites for hydroxylation is 1. The molecule has 1 aromatic rings. The van der Waals surface area contributed by atoms with Crippen LogP contribution in [0.1, 0.15) is 38.4 Å². The maximum Gasteiger partial charge on any atom is 0.227 e. The Labute approximate surface area is 174 Å². The number of ether oxygens (including phenoxy) is 1. The minimum Gasteiger partial charge on any atom is -0.379 e. The molecule has 1 saturated carbocycles. The summed E-state index contributed by atoms with van der Waals surface area (Å²) in [7, 11) is 1.94. The Morgan fingerprint density at radius 2 is 2.14 bits per heavy atom. The zero-order valence-corrected chi connectivity index (χ0v) is 18.0. The van der Waals surface area contributed by atoms with Crippen molar-refractivity contribution in [2.75, 3.05) is 52.5 Å². The van der Waals surface area contributed by atoms with Crippen LogP contribution in [0.3, 0.4) is 0 Å². The van der Waals surface area contributed by atoms with Crippen molar-refractivity contribution in [3.63, 3.8) is 0 Å². The number of likely N-dealkylation sites (tertiary alicyclic amines) is 1. The van der Waals surface area contributed by atoms with Crippen molar-refractivity contribution >= 4 is 5.91 Å². The van der Waals surface area contributed by atoms with Crippen LogP contribution in [0.25, 0.3) is 0 Å². The fourth-order valence-corrected chi connectivity index (χ4v) is 5.63. The van der Waals surface area contributed by atoms with Gasteiger partial charge in [0.15, 0.2) is 0 Å². The molecule has 2 aliphatic heterocycles. The van der Waals surface area contributed by atoms with Crippen molar-refractivity contribution in [3.8, 4) is 0 Å². The topological polar surface area (TPSA) is 75.5 Å². The van der Waals surface area contributed by atoms with Crippen molar-refractivity contribution in [1.82, 2.24) is 29.9 Å². The molecule has 8 heteroatoms. The Kier molecular flexibility index (Phi) is 6.51. The third-order valence-corrected chi connectivity index (χ3v) is 7.46. The minimum atomic E-state index is -0.239. The second kappa shape index (κ2) is 9.10. The van der Waals surface area contributed by atoms with Gasteiger partial charge in [0, 0.05) is 45.7 Å². The maximum atomic E-state index is 13.5. The number of carbonyl (C=O) groups is 1. The molecular formula is C21H36N6O2. The second-order valence-electron chi connectivity index (χ2n) is 8.95. The molecule has 8 nitrogen and oxygen atoms in total. The molecule has 3 atom stereocenters. The Morgan fingerprint density at radius 3 is 2.86 bits per heavy atom. The van der Waals surface area contributed by atoms with E-state index in [4.69, 9.17) is 4.74 Å². The lowest BCUT2D eigenvalue weighted by Crippen LogP contribution is -2.61. The summed E-state index contributed by atoms with van der Waals surface area (Å²) in [6, 6.07) is 0.608. The fourth-order valence-electron chi connectivity index (χ4n) is 5.63. The van der Waals surface area contributed by atoms with Crippen LogP contribution in [0.4, 0.5) is 0 Å². The van der Waals surface area contributed by atoms with Gasteiger partial charge in [-0.2, -0.15) is 0 Å². The molecule has 3 heterocycles. The fraction of sp³-hybridized carbons (Fsp3) is 0.857. The first kappa shape index (κ1) is 20.8. The highest BCUT2D eigenvalue weighted by molar-refractivity contribution is 5.83. The quantitative estimate of drug-likeness (QED) is 0.752. The molecule has 1 amide bonds. The van der Waals surface area contributed by atoms with E-state index < -0.39 is 0 Å².